The molecule has 0 saturated carbocycles. The second-order valence-corrected chi connectivity index (χ2v) is 3.27. The monoisotopic (exact) mass is 137 g/mol. The minimum Gasteiger partial charge on any atom is -0.0848 e. The molecule has 0 spiro atoms. The second kappa shape index (κ2) is 3.80. The van der Waals surface area contributed by atoms with E-state index in [0.29, 0.717) is 0 Å². The minimum absolute atomic E-state index is 0.925. The maximum Gasteiger partial charge on any atom is -0.0140 e. The summed E-state index contributed by atoms with van der Waals surface area (Å²) in [5.41, 5.74) is 1.58. The largest absolute Gasteiger partial charge is 0.0848 e. The number of hydrogen-bond donors (Lipinski definition) is 0. The highest BCUT2D eigenvalue weighted by molar-refractivity contribution is 5.15. The van der Waals surface area contributed by atoms with Crippen LogP contribution < -0.4 is 0 Å². The molecule has 1 aliphatic carbocycles. The van der Waals surface area contributed by atoms with Crippen molar-refractivity contribution in [3.05, 3.63) is 18.1 Å². The molecular weight excluding hydrogens is 120 g/mol. The molecule has 0 heteroatoms. The van der Waals surface area contributed by atoms with E-state index >= 15 is 0 Å². The first-order chi connectivity index (χ1) is 4.83. The van der Waals surface area contributed by atoms with Gasteiger partial charge in [0.15, 0.2) is 0 Å². The zero-order chi connectivity index (χ0) is 7.40. The predicted molar refractivity (Wildman–Crippen MR) is 45.7 cm³/mol. The van der Waals surface area contributed by atoms with Gasteiger partial charge in [-0.15, -0.1) is 0 Å². The topological polar surface area (TPSA) is 0 Å². The van der Waals surface area contributed by atoms with E-state index in [0.717, 1.165) is 5.92 Å². The van der Waals surface area contributed by atoms with Crippen LogP contribution in [0.4, 0.5) is 0 Å². The molecule has 1 atom stereocenters. The van der Waals surface area contributed by atoms with Gasteiger partial charge in [0.25, 0.3) is 0 Å². The lowest BCUT2D eigenvalue weighted by atomic mass is 9.89. The van der Waals surface area contributed by atoms with E-state index in [1.807, 2.05) is 0 Å². The van der Waals surface area contributed by atoms with Crippen molar-refractivity contribution in [3.63, 3.8) is 0 Å². The van der Waals surface area contributed by atoms with Gasteiger partial charge in [-0.25, -0.2) is 0 Å². The van der Waals surface area contributed by atoms with Crippen molar-refractivity contribution in [2.24, 2.45) is 5.92 Å². The van der Waals surface area contributed by atoms with Crippen LogP contribution in [-0.2, 0) is 0 Å². The summed E-state index contributed by atoms with van der Waals surface area (Å²) in [6.45, 7) is 4.54. The van der Waals surface area contributed by atoms with Crippen molar-refractivity contribution < 1.29 is 0 Å². The maximum atomic E-state index is 2.40. The Morgan fingerprint density at radius 2 is 2.50 bits per heavy atom. The highest BCUT2D eigenvalue weighted by Gasteiger charge is 2.08. The Bertz CT molecular complexity index is 122. The Balaban J connectivity index is 2.33. The lowest BCUT2D eigenvalue weighted by Crippen LogP contribution is -2.01. The van der Waals surface area contributed by atoms with Crippen molar-refractivity contribution in [2.45, 2.75) is 39.5 Å². The van der Waals surface area contributed by atoms with Crippen LogP contribution in [0.5, 0.6) is 0 Å². The molecule has 1 aliphatic rings. The van der Waals surface area contributed by atoms with Gasteiger partial charge in [0.05, 0.1) is 0 Å². The van der Waals surface area contributed by atoms with Crippen LogP contribution >= 0.6 is 0 Å². The first-order valence-electron chi connectivity index (χ1n) is 4.35. The van der Waals surface area contributed by atoms with Crippen molar-refractivity contribution in [2.75, 3.05) is 0 Å². The van der Waals surface area contributed by atoms with E-state index in [-0.39, 0.29) is 0 Å². The number of allylic oxidation sites excluding steroid dienone is 2. The fraction of sp³-hybridized carbons (Fsp3) is 0.700. The van der Waals surface area contributed by atoms with Crippen LogP contribution in [0.25, 0.3) is 0 Å². The Kier molecular flexibility index (Phi) is 2.98. The zero-order valence-electron chi connectivity index (χ0n) is 7.06. The maximum absolute atomic E-state index is 2.40. The van der Waals surface area contributed by atoms with Gasteiger partial charge in [-0.2, -0.15) is 0 Å². The summed E-state index contributed by atoms with van der Waals surface area (Å²) in [6.07, 6.45) is 9.95. The summed E-state index contributed by atoms with van der Waals surface area (Å²) in [5, 5.41) is 0. The molecule has 0 bridgehead atoms. The molecule has 0 aromatic carbocycles. The molecule has 10 heavy (non-hydrogen) atoms. The minimum atomic E-state index is 0.925. The molecule has 0 N–H and O–H groups in total. The highest BCUT2D eigenvalue weighted by atomic mass is 14.1. The van der Waals surface area contributed by atoms with Gasteiger partial charge in [0.2, 0.25) is 0 Å². The van der Waals surface area contributed by atoms with Gasteiger partial charge < -0.3 is 0 Å². The van der Waals surface area contributed by atoms with E-state index < -0.39 is 0 Å². The standard InChI is InChI=1S/C10H17/c1-3-4-10-7-5-9(2)6-8-10/h4,7,9H,3,5-6,8H2,1-2H3. The van der Waals surface area contributed by atoms with Crippen LogP contribution in [0.3, 0.4) is 0 Å². The van der Waals surface area contributed by atoms with E-state index in [1.165, 1.54) is 25.7 Å². The third-order valence-corrected chi connectivity index (χ3v) is 2.17. The number of rotatable bonds is 2. The first-order valence-corrected chi connectivity index (χ1v) is 4.35. The predicted octanol–water partition coefficient (Wildman–Crippen LogP) is 3.35. The fourth-order valence-electron chi connectivity index (χ4n) is 1.43. The SMILES string of the molecule is CC[CH]C1=CCC(C)CC1. The highest BCUT2D eigenvalue weighted by Crippen LogP contribution is 2.24. The van der Waals surface area contributed by atoms with Gasteiger partial charge in [-0.1, -0.05) is 25.5 Å². The molecule has 1 unspecified atom stereocenters. The van der Waals surface area contributed by atoms with Crippen LogP contribution in [0.1, 0.15) is 39.5 Å². The smallest absolute Gasteiger partial charge is 0.0140 e. The Labute approximate surface area is 64.3 Å². The molecule has 57 valence electrons. The van der Waals surface area contributed by atoms with Gasteiger partial charge in [-0.05, 0) is 38.0 Å². The van der Waals surface area contributed by atoms with Crippen LogP contribution in [0.15, 0.2) is 11.6 Å². The lowest BCUT2D eigenvalue weighted by molar-refractivity contribution is 0.515. The molecule has 1 rings (SSSR count). The molecule has 0 aromatic rings. The summed E-state index contributed by atoms with van der Waals surface area (Å²) >= 11 is 0. The van der Waals surface area contributed by atoms with E-state index in [1.54, 1.807) is 5.57 Å². The second-order valence-electron chi connectivity index (χ2n) is 3.27. The zero-order valence-corrected chi connectivity index (χ0v) is 7.06. The summed E-state index contributed by atoms with van der Waals surface area (Å²) < 4.78 is 0. The molecule has 0 heterocycles. The van der Waals surface area contributed by atoms with E-state index in [9.17, 15) is 0 Å². The molecule has 0 aliphatic heterocycles. The van der Waals surface area contributed by atoms with Gasteiger partial charge in [0, 0.05) is 0 Å². The first kappa shape index (κ1) is 7.84. The van der Waals surface area contributed by atoms with E-state index in [2.05, 4.69) is 26.3 Å². The fourth-order valence-corrected chi connectivity index (χ4v) is 1.43. The molecule has 0 nitrogen and oxygen atoms in total. The van der Waals surface area contributed by atoms with E-state index in [4.69, 9.17) is 0 Å². The van der Waals surface area contributed by atoms with Crippen molar-refractivity contribution >= 4 is 0 Å². The molecule has 0 saturated heterocycles. The third kappa shape index (κ3) is 2.17. The van der Waals surface area contributed by atoms with Crippen molar-refractivity contribution in [1.82, 2.24) is 0 Å². The summed E-state index contributed by atoms with van der Waals surface area (Å²) in [7, 11) is 0. The normalized spacial score (nSPS) is 26.2. The molecular formula is C10H17. The molecule has 1 radical (unpaired) electrons. The Hall–Kier alpha value is -0.260. The van der Waals surface area contributed by atoms with Crippen LogP contribution in [-0.4, -0.2) is 0 Å². The van der Waals surface area contributed by atoms with Crippen molar-refractivity contribution in [1.29, 1.82) is 0 Å². The summed E-state index contributed by atoms with van der Waals surface area (Å²) in [5.74, 6) is 0.925. The average molecular weight is 137 g/mol. The lowest BCUT2D eigenvalue weighted by Gasteiger charge is -2.17. The Morgan fingerprint density at radius 1 is 1.70 bits per heavy atom. The molecule has 0 amide bonds. The summed E-state index contributed by atoms with van der Waals surface area (Å²) in [6, 6.07) is 0. The molecule has 0 fully saturated rings. The number of hydrogen-bond acceptors (Lipinski definition) is 0. The van der Waals surface area contributed by atoms with Crippen molar-refractivity contribution in [3.8, 4) is 0 Å². The quantitative estimate of drug-likeness (QED) is 0.547. The van der Waals surface area contributed by atoms with Crippen LogP contribution in [0.2, 0.25) is 0 Å². The van der Waals surface area contributed by atoms with Gasteiger partial charge in [-0.3, -0.25) is 0 Å². The van der Waals surface area contributed by atoms with Gasteiger partial charge in [0.1, 0.15) is 0 Å². The van der Waals surface area contributed by atoms with Gasteiger partial charge >= 0.3 is 0 Å². The average Bonchev–Trinajstić information content (AvgIpc) is 1.95. The molecule has 0 aromatic heterocycles. The van der Waals surface area contributed by atoms with Crippen LogP contribution in [0, 0.1) is 12.3 Å². The Morgan fingerprint density at radius 3 is 3.00 bits per heavy atom. The third-order valence-electron chi connectivity index (χ3n) is 2.17. The summed E-state index contributed by atoms with van der Waals surface area (Å²) in [4.78, 5) is 0.